The maximum Gasteiger partial charge on any atom is 0.254 e. The number of carbonyl (C=O) groups is 1. The van der Waals surface area contributed by atoms with E-state index in [9.17, 15) is 19.5 Å². The van der Waals surface area contributed by atoms with E-state index in [4.69, 9.17) is 9.52 Å². The number of rotatable bonds is 8. The fourth-order valence-electron chi connectivity index (χ4n) is 2.96. The van der Waals surface area contributed by atoms with Gasteiger partial charge in [-0.3, -0.25) is 14.4 Å². The molecule has 1 heterocycles. The van der Waals surface area contributed by atoms with Crippen LogP contribution in [0.1, 0.15) is 41.3 Å². The lowest BCUT2D eigenvalue weighted by molar-refractivity contribution is 0.0960. The van der Waals surface area contributed by atoms with Gasteiger partial charge in [0.05, 0.1) is 17.3 Å². The standard InChI is InChI=1S/C20H21N3O6/c1-3-12(14-8-7-10(9-24)29-14)22-15-16(19(27)18(15)26)23-13-6-4-5-11(17(13)25)20(28)21-2/h4-8,12,22-25H,3,9H2,1-2H3,(H,21,28). The molecule has 152 valence electrons. The minimum absolute atomic E-state index is 0.00764. The minimum Gasteiger partial charge on any atom is -0.505 e. The first kappa shape index (κ1) is 20.2. The third kappa shape index (κ3) is 3.72. The number of benzene rings is 1. The molecule has 9 heteroatoms. The largest absolute Gasteiger partial charge is 0.505 e. The third-order valence-corrected chi connectivity index (χ3v) is 4.59. The summed E-state index contributed by atoms with van der Waals surface area (Å²) in [4.78, 5) is 36.0. The quantitative estimate of drug-likeness (QED) is 0.285. The Hall–Kier alpha value is -3.59. The predicted molar refractivity (Wildman–Crippen MR) is 107 cm³/mol. The van der Waals surface area contributed by atoms with Crippen LogP contribution in [0, 0.1) is 0 Å². The Kier molecular flexibility index (Phi) is 5.69. The van der Waals surface area contributed by atoms with E-state index in [1.165, 1.54) is 19.2 Å². The van der Waals surface area contributed by atoms with E-state index in [0.717, 1.165) is 0 Å². The van der Waals surface area contributed by atoms with Gasteiger partial charge in [0.1, 0.15) is 29.5 Å². The number of anilines is 3. The lowest BCUT2D eigenvalue weighted by atomic mass is 10.1. The van der Waals surface area contributed by atoms with Crippen molar-refractivity contribution in [3.63, 3.8) is 0 Å². The number of furan rings is 1. The van der Waals surface area contributed by atoms with Crippen molar-refractivity contribution in [2.75, 3.05) is 17.7 Å². The monoisotopic (exact) mass is 399 g/mol. The zero-order chi connectivity index (χ0) is 21.1. The van der Waals surface area contributed by atoms with Gasteiger partial charge >= 0.3 is 0 Å². The van der Waals surface area contributed by atoms with Crippen molar-refractivity contribution in [2.45, 2.75) is 26.0 Å². The predicted octanol–water partition coefficient (Wildman–Crippen LogP) is 1.74. The van der Waals surface area contributed by atoms with Crippen molar-refractivity contribution in [3.8, 4) is 5.75 Å². The number of aromatic hydroxyl groups is 1. The number of carbonyl (C=O) groups excluding carboxylic acids is 1. The topological polar surface area (TPSA) is 141 Å². The average Bonchev–Trinajstić information content (AvgIpc) is 3.22. The fourth-order valence-corrected chi connectivity index (χ4v) is 2.96. The molecular weight excluding hydrogens is 378 g/mol. The number of para-hydroxylation sites is 1. The van der Waals surface area contributed by atoms with Crippen LogP contribution >= 0.6 is 0 Å². The van der Waals surface area contributed by atoms with Gasteiger partial charge in [-0.2, -0.15) is 0 Å². The summed E-state index contributed by atoms with van der Waals surface area (Å²) in [6.07, 6.45) is 0.550. The molecule has 0 aliphatic carbocycles. The van der Waals surface area contributed by atoms with Crippen LogP contribution in [0.3, 0.4) is 0 Å². The molecule has 3 rings (SSSR count). The summed E-state index contributed by atoms with van der Waals surface area (Å²) in [6.45, 7) is 1.63. The van der Waals surface area contributed by atoms with Crippen LogP contribution in [-0.2, 0) is 6.61 Å². The first-order chi connectivity index (χ1) is 13.9. The van der Waals surface area contributed by atoms with Crippen LogP contribution in [0.25, 0.3) is 0 Å². The van der Waals surface area contributed by atoms with Crippen LogP contribution in [0.5, 0.6) is 5.75 Å². The lowest BCUT2D eigenvalue weighted by Gasteiger charge is -2.20. The van der Waals surface area contributed by atoms with Crippen molar-refractivity contribution >= 4 is 23.0 Å². The van der Waals surface area contributed by atoms with Crippen molar-refractivity contribution in [1.82, 2.24) is 5.32 Å². The molecule has 0 radical (unpaired) electrons. The van der Waals surface area contributed by atoms with Crippen LogP contribution in [0.2, 0.25) is 0 Å². The summed E-state index contributed by atoms with van der Waals surface area (Å²) in [5.74, 6) is 0.0779. The second kappa shape index (κ2) is 8.19. The molecule has 2 aromatic carbocycles. The van der Waals surface area contributed by atoms with Gasteiger partial charge in [-0.05, 0) is 30.7 Å². The van der Waals surface area contributed by atoms with Crippen molar-refractivity contribution in [3.05, 3.63) is 67.9 Å². The number of nitrogens with one attached hydrogen (secondary N) is 3. The van der Waals surface area contributed by atoms with E-state index in [1.54, 1.807) is 18.2 Å². The highest BCUT2D eigenvalue weighted by Gasteiger charge is 2.26. The van der Waals surface area contributed by atoms with E-state index in [0.29, 0.717) is 17.9 Å². The summed E-state index contributed by atoms with van der Waals surface area (Å²) < 4.78 is 5.51. The SMILES string of the molecule is CCC(Nc1c(Nc2cccc(C(=O)NC)c2O)c(=O)c1=O)c1ccc(CO)o1. The van der Waals surface area contributed by atoms with E-state index in [1.807, 2.05) is 6.92 Å². The van der Waals surface area contributed by atoms with Gasteiger partial charge in [0, 0.05) is 7.05 Å². The third-order valence-electron chi connectivity index (χ3n) is 4.59. The number of phenols is 1. The summed E-state index contributed by atoms with van der Waals surface area (Å²) in [6, 6.07) is 7.38. The Morgan fingerprint density at radius 1 is 1.14 bits per heavy atom. The molecule has 0 aliphatic heterocycles. The average molecular weight is 399 g/mol. The zero-order valence-corrected chi connectivity index (χ0v) is 15.9. The maximum absolute atomic E-state index is 12.1. The summed E-state index contributed by atoms with van der Waals surface area (Å²) in [5.41, 5.74) is -1.22. The highest BCUT2D eigenvalue weighted by molar-refractivity contribution is 5.99. The molecular formula is C20H21N3O6. The lowest BCUT2D eigenvalue weighted by Crippen LogP contribution is -2.37. The molecule has 0 saturated heterocycles. The highest BCUT2D eigenvalue weighted by atomic mass is 16.4. The Morgan fingerprint density at radius 2 is 1.86 bits per heavy atom. The van der Waals surface area contributed by atoms with Gasteiger partial charge < -0.3 is 30.6 Å². The number of aliphatic hydroxyl groups is 1. The molecule has 29 heavy (non-hydrogen) atoms. The smallest absolute Gasteiger partial charge is 0.254 e. The second-order valence-corrected chi connectivity index (χ2v) is 6.38. The van der Waals surface area contributed by atoms with E-state index in [-0.39, 0.29) is 35.0 Å². The number of aliphatic hydroxyl groups excluding tert-OH is 1. The molecule has 9 nitrogen and oxygen atoms in total. The number of phenolic OH excluding ortho intramolecular Hbond substituents is 1. The van der Waals surface area contributed by atoms with Gasteiger partial charge in [-0.15, -0.1) is 0 Å². The second-order valence-electron chi connectivity index (χ2n) is 6.38. The van der Waals surface area contributed by atoms with E-state index < -0.39 is 22.8 Å². The molecule has 0 fully saturated rings. The normalized spacial score (nSPS) is 12.0. The maximum atomic E-state index is 12.1. The van der Waals surface area contributed by atoms with Gasteiger partial charge in [0.2, 0.25) is 0 Å². The Morgan fingerprint density at radius 3 is 2.48 bits per heavy atom. The minimum atomic E-state index is -0.734. The molecule has 1 unspecified atom stereocenters. The fraction of sp³-hybridized carbons (Fsp3) is 0.250. The van der Waals surface area contributed by atoms with Crippen LogP contribution in [0.4, 0.5) is 17.1 Å². The van der Waals surface area contributed by atoms with Gasteiger partial charge in [0.15, 0.2) is 5.75 Å². The first-order valence-electron chi connectivity index (χ1n) is 9.01. The molecule has 1 atom stereocenters. The van der Waals surface area contributed by atoms with Crippen molar-refractivity contribution in [2.24, 2.45) is 0 Å². The Balaban J connectivity index is 1.88. The zero-order valence-electron chi connectivity index (χ0n) is 15.9. The van der Waals surface area contributed by atoms with E-state index >= 15 is 0 Å². The number of hydrogen-bond donors (Lipinski definition) is 5. The summed E-state index contributed by atoms with van der Waals surface area (Å²) in [5, 5.41) is 27.6. The molecule has 0 saturated carbocycles. The molecule has 1 amide bonds. The van der Waals surface area contributed by atoms with Crippen LogP contribution in [0.15, 0.2) is 44.3 Å². The molecule has 5 N–H and O–H groups in total. The van der Waals surface area contributed by atoms with Gasteiger partial charge in [-0.25, -0.2) is 0 Å². The number of amides is 1. The molecule has 0 aliphatic rings. The Labute approximate surface area is 165 Å². The number of hydrogen-bond acceptors (Lipinski definition) is 8. The summed E-state index contributed by atoms with van der Waals surface area (Å²) >= 11 is 0. The molecule has 0 spiro atoms. The van der Waals surface area contributed by atoms with Crippen LogP contribution < -0.4 is 26.8 Å². The van der Waals surface area contributed by atoms with Crippen molar-refractivity contribution < 1.29 is 19.4 Å². The van der Waals surface area contributed by atoms with Gasteiger partial charge in [-0.1, -0.05) is 13.0 Å². The highest BCUT2D eigenvalue weighted by Crippen LogP contribution is 2.33. The molecule has 0 bridgehead atoms. The van der Waals surface area contributed by atoms with Crippen LogP contribution in [-0.4, -0.2) is 23.2 Å². The van der Waals surface area contributed by atoms with Crippen molar-refractivity contribution in [1.29, 1.82) is 0 Å². The van der Waals surface area contributed by atoms with E-state index in [2.05, 4.69) is 16.0 Å². The summed E-state index contributed by atoms with van der Waals surface area (Å²) in [7, 11) is 1.43. The Bertz CT molecular complexity index is 1110. The molecule has 3 aromatic rings. The molecule has 1 aromatic heterocycles. The van der Waals surface area contributed by atoms with Gasteiger partial charge in [0.25, 0.3) is 16.8 Å². The first-order valence-corrected chi connectivity index (χ1v) is 9.01.